The lowest BCUT2D eigenvalue weighted by molar-refractivity contribution is -0.134. The second kappa shape index (κ2) is 7.13. The third-order valence-electron chi connectivity index (χ3n) is 4.86. The van der Waals surface area contributed by atoms with Crippen molar-refractivity contribution in [3.63, 3.8) is 0 Å². The van der Waals surface area contributed by atoms with Crippen LogP contribution in [-0.4, -0.2) is 42.5 Å². The van der Waals surface area contributed by atoms with Crippen molar-refractivity contribution in [2.24, 2.45) is 5.92 Å². The molecule has 0 radical (unpaired) electrons. The Morgan fingerprint density at radius 2 is 1.91 bits per heavy atom. The summed E-state index contributed by atoms with van der Waals surface area (Å²) in [7, 11) is 0. The largest absolute Gasteiger partial charge is 0.371 e. The van der Waals surface area contributed by atoms with E-state index in [1.54, 1.807) is 6.92 Å². The number of carbonyl (C=O) groups excluding carboxylic acids is 2. The van der Waals surface area contributed by atoms with Gasteiger partial charge in [-0.25, -0.2) is 0 Å². The molecular formula is C18H24N2O3. The van der Waals surface area contributed by atoms with Gasteiger partial charge in [-0.1, -0.05) is 24.3 Å². The third-order valence-corrected chi connectivity index (χ3v) is 4.86. The van der Waals surface area contributed by atoms with Crippen LogP contribution in [0.3, 0.4) is 0 Å². The second-order valence-electron chi connectivity index (χ2n) is 6.43. The number of carbonyl (C=O) groups is 2. The van der Waals surface area contributed by atoms with E-state index < -0.39 is 0 Å². The zero-order chi connectivity index (χ0) is 16.2. The highest BCUT2D eigenvalue weighted by molar-refractivity contribution is 5.79. The first-order valence-corrected chi connectivity index (χ1v) is 8.35. The SMILES string of the molecule is CC(=O)N1CCC(C(=O)NCC2Cc3ccccc3CO2)CC1. The lowest BCUT2D eigenvalue weighted by Gasteiger charge is -2.31. The van der Waals surface area contributed by atoms with Gasteiger partial charge < -0.3 is 15.0 Å². The van der Waals surface area contributed by atoms with Crippen molar-refractivity contribution in [3.8, 4) is 0 Å². The Balaban J connectivity index is 1.44. The number of nitrogens with zero attached hydrogens (tertiary/aromatic N) is 1. The van der Waals surface area contributed by atoms with Gasteiger partial charge in [-0.05, 0) is 24.0 Å². The van der Waals surface area contributed by atoms with Gasteiger partial charge in [-0.15, -0.1) is 0 Å². The minimum absolute atomic E-state index is 0.0153. The molecule has 0 saturated carbocycles. The molecule has 0 spiro atoms. The average molecular weight is 316 g/mol. The van der Waals surface area contributed by atoms with E-state index in [1.807, 2.05) is 17.0 Å². The van der Waals surface area contributed by atoms with E-state index in [0.717, 1.165) is 19.3 Å². The standard InChI is InChI=1S/C18H24N2O3/c1-13(21)20-8-6-14(7-9-20)18(22)19-11-17-10-15-4-2-3-5-16(15)12-23-17/h2-5,14,17H,6-12H2,1H3,(H,19,22). The molecule has 124 valence electrons. The fourth-order valence-electron chi connectivity index (χ4n) is 3.36. The molecule has 1 saturated heterocycles. The van der Waals surface area contributed by atoms with Crippen LogP contribution in [0.1, 0.15) is 30.9 Å². The second-order valence-corrected chi connectivity index (χ2v) is 6.43. The number of benzene rings is 1. The first-order chi connectivity index (χ1) is 11.1. The number of ether oxygens (including phenoxy) is 1. The van der Waals surface area contributed by atoms with Crippen molar-refractivity contribution in [1.82, 2.24) is 10.2 Å². The molecule has 23 heavy (non-hydrogen) atoms. The minimum Gasteiger partial charge on any atom is -0.371 e. The molecular weight excluding hydrogens is 292 g/mol. The third kappa shape index (κ3) is 3.91. The van der Waals surface area contributed by atoms with Crippen LogP contribution in [0, 0.1) is 5.92 Å². The summed E-state index contributed by atoms with van der Waals surface area (Å²) in [6.07, 6.45) is 2.39. The number of nitrogens with one attached hydrogen (secondary N) is 1. The summed E-state index contributed by atoms with van der Waals surface area (Å²) in [5.41, 5.74) is 2.56. The summed E-state index contributed by atoms with van der Waals surface area (Å²) < 4.78 is 5.82. The Labute approximate surface area is 137 Å². The van der Waals surface area contributed by atoms with Crippen LogP contribution < -0.4 is 5.32 Å². The van der Waals surface area contributed by atoms with Gasteiger partial charge in [0.15, 0.2) is 0 Å². The number of fused-ring (bicyclic) bond motifs is 1. The Bertz CT molecular complexity index is 579. The fraction of sp³-hybridized carbons (Fsp3) is 0.556. The highest BCUT2D eigenvalue weighted by Crippen LogP contribution is 2.21. The summed E-state index contributed by atoms with van der Waals surface area (Å²) in [6, 6.07) is 8.29. The first-order valence-electron chi connectivity index (χ1n) is 8.35. The molecule has 0 aromatic heterocycles. The fourth-order valence-corrected chi connectivity index (χ4v) is 3.36. The zero-order valence-corrected chi connectivity index (χ0v) is 13.6. The van der Waals surface area contributed by atoms with E-state index in [4.69, 9.17) is 4.74 Å². The Morgan fingerprint density at radius 3 is 2.61 bits per heavy atom. The van der Waals surface area contributed by atoms with E-state index in [9.17, 15) is 9.59 Å². The molecule has 2 amide bonds. The number of amides is 2. The van der Waals surface area contributed by atoms with E-state index in [0.29, 0.717) is 26.2 Å². The molecule has 2 heterocycles. The zero-order valence-electron chi connectivity index (χ0n) is 13.6. The van der Waals surface area contributed by atoms with Crippen molar-refractivity contribution in [3.05, 3.63) is 35.4 Å². The van der Waals surface area contributed by atoms with Gasteiger partial charge in [0.2, 0.25) is 11.8 Å². The van der Waals surface area contributed by atoms with E-state index in [2.05, 4.69) is 17.4 Å². The van der Waals surface area contributed by atoms with Gasteiger partial charge in [0.25, 0.3) is 0 Å². The van der Waals surface area contributed by atoms with Crippen LogP contribution in [-0.2, 0) is 27.4 Å². The van der Waals surface area contributed by atoms with Crippen molar-refractivity contribution < 1.29 is 14.3 Å². The lowest BCUT2D eigenvalue weighted by Crippen LogP contribution is -2.44. The van der Waals surface area contributed by atoms with Crippen LogP contribution in [0.2, 0.25) is 0 Å². The van der Waals surface area contributed by atoms with Crippen LogP contribution in [0.4, 0.5) is 0 Å². The molecule has 3 rings (SSSR count). The number of hydrogen-bond donors (Lipinski definition) is 1. The smallest absolute Gasteiger partial charge is 0.223 e. The van der Waals surface area contributed by atoms with Crippen molar-refractivity contribution in [1.29, 1.82) is 0 Å². The van der Waals surface area contributed by atoms with E-state index in [1.165, 1.54) is 11.1 Å². The van der Waals surface area contributed by atoms with Gasteiger partial charge in [0.05, 0.1) is 12.7 Å². The molecule has 5 nitrogen and oxygen atoms in total. The van der Waals surface area contributed by atoms with Crippen LogP contribution >= 0.6 is 0 Å². The molecule has 1 fully saturated rings. The molecule has 1 atom stereocenters. The minimum atomic E-state index is 0.0153. The van der Waals surface area contributed by atoms with Crippen molar-refractivity contribution >= 4 is 11.8 Å². The van der Waals surface area contributed by atoms with E-state index in [-0.39, 0.29) is 23.8 Å². The molecule has 1 aromatic carbocycles. The van der Waals surface area contributed by atoms with Gasteiger partial charge in [0.1, 0.15) is 0 Å². The highest BCUT2D eigenvalue weighted by Gasteiger charge is 2.27. The molecule has 1 N–H and O–H groups in total. The Hall–Kier alpha value is -1.88. The van der Waals surface area contributed by atoms with Crippen LogP contribution in [0.5, 0.6) is 0 Å². The first kappa shape index (κ1) is 16.0. The normalized spacial score (nSPS) is 21.6. The Kier molecular flexibility index (Phi) is 4.96. The summed E-state index contributed by atoms with van der Waals surface area (Å²) in [5.74, 6) is 0.204. The number of likely N-dealkylation sites (tertiary alicyclic amines) is 1. The van der Waals surface area contributed by atoms with Crippen LogP contribution in [0.15, 0.2) is 24.3 Å². The summed E-state index contributed by atoms with van der Waals surface area (Å²) in [4.78, 5) is 25.4. The van der Waals surface area contributed by atoms with Gasteiger partial charge in [-0.2, -0.15) is 0 Å². The summed E-state index contributed by atoms with van der Waals surface area (Å²) in [6.45, 7) is 4.12. The molecule has 1 unspecified atom stereocenters. The molecule has 5 heteroatoms. The predicted molar refractivity (Wildman–Crippen MR) is 86.7 cm³/mol. The molecule has 1 aromatic rings. The van der Waals surface area contributed by atoms with Gasteiger partial charge in [0, 0.05) is 38.9 Å². The van der Waals surface area contributed by atoms with Crippen molar-refractivity contribution in [2.45, 2.75) is 38.9 Å². The Morgan fingerprint density at radius 1 is 1.22 bits per heavy atom. The maximum absolute atomic E-state index is 12.3. The average Bonchev–Trinajstić information content (AvgIpc) is 2.59. The number of piperidine rings is 1. The maximum Gasteiger partial charge on any atom is 0.223 e. The quantitative estimate of drug-likeness (QED) is 0.919. The molecule has 0 aliphatic carbocycles. The number of hydrogen-bond acceptors (Lipinski definition) is 3. The summed E-state index contributed by atoms with van der Waals surface area (Å²) >= 11 is 0. The van der Waals surface area contributed by atoms with Crippen LogP contribution in [0.25, 0.3) is 0 Å². The molecule has 0 bridgehead atoms. The predicted octanol–water partition coefficient (Wildman–Crippen LogP) is 1.50. The highest BCUT2D eigenvalue weighted by atomic mass is 16.5. The van der Waals surface area contributed by atoms with Gasteiger partial charge in [-0.3, -0.25) is 9.59 Å². The molecule has 2 aliphatic heterocycles. The summed E-state index contributed by atoms with van der Waals surface area (Å²) in [5, 5.41) is 3.03. The maximum atomic E-state index is 12.3. The van der Waals surface area contributed by atoms with E-state index >= 15 is 0 Å². The topological polar surface area (TPSA) is 58.6 Å². The van der Waals surface area contributed by atoms with Crippen molar-refractivity contribution in [2.75, 3.05) is 19.6 Å². The lowest BCUT2D eigenvalue weighted by atomic mass is 9.95. The monoisotopic (exact) mass is 316 g/mol. The van der Waals surface area contributed by atoms with Gasteiger partial charge >= 0.3 is 0 Å². The number of rotatable bonds is 3. The molecule has 2 aliphatic rings.